The minimum atomic E-state index is 0. The van der Waals surface area contributed by atoms with Gasteiger partial charge in [0.15, 0.2) is 0 Å². The van der Waals surface area contributed by atoms with Crippen molar-refractivity contribution in [2.24, 2.45) is 5.41 Å². The fourth-order valence-electron chi connectivity index (χ4n) is 1.97. The topological polar surface area (TPSA) is 0 Å². The first-order valence-electron chi connectivity index (χ1n) is 7.69. The van der Waals surface area contributed by atoms with E-state index in [9.17, 15) is 0 Å². The molecular formula is C20H28Cl2SiZr. The zero-order valence-corrected chi connectivity index (χ0v) is 20.3. The second-order valence-corrected chi connectivity index (χ2v) is 16.0. The molecule has 0 aliphatic heterocycles. The first-order chi connectivity index (χ1) is 10.3. The van der Waals surface area contributed by atoms with Crippen molar-refractivity contribution in [2.75, 3.05) is 0 Å². The Balaban J connectivity index is 0. The molecule has 24 heavy (non-hydrogen) atoms. The van der Waals surface area contributed by atoms with E-state index in [1.807, 2.05) is 6.08 Å². The van der Waals surface area contributed by atoms with Gasteiger partial charge in [0.1, 0.15) is 0 Å². The van der Waals surface area contributed by atoms with Crippen molar-refractivity contribution < 1.29 is 23.3 Å². The Morgan fingerprint density at radius 1 is 1.08 bits per heavy atom. The Labute approximate surface area is 175 Å². The van der Waals surface area contributed by atoms with E-state index in [4.69, 9.17) is 0 Å². The molecule has 0 amide bonds. The van der Waals surface area contributed by atoms with E-state index >= 15 is 0 Å². The van der Waals surface area contributed by atoms with Gasteiger partial charge >= 0.3 is 41.9 Å². The van der Waals surface area contributed by atoms with Gasteiger partial charge in [0.2, 0.25) is 0 Å². The van der Waals surface area contributed by atoms with Crippen LogP contribution in [0.1, 0.15) is 27.2 Å². The van der Waals surface area contributed by atoms with E-state index < -0.39 is 0 Å². The average Bonchev–Trinajstić information content (AvgIpc) is 3.10. The Kier molecular flexibility index (Phi) is 14.5. The third-order valence-electron chi connectivity index (χ3n) is 3.21. The molecule has 0 N–H and O–H groups in total. The summed E-state index contributed by atoms with van der Waals surface area (Å²) < 4.78 is 0. The molecule has 2 aromatic carbocycles. The van der Waals surface area contributed by atoms with Gasteiger partial charge in [0.05, 0.1) is 0 Å². The van der Waals surface area contributed by atoms with Gasteiger partial charge in [-0.1, -0.05) is 26.8 Å². The van der Waals surface area contributed by atoms with Gasteiger partial charge in [-0.05, 0) is 5.41 Å². The van der Waals surface area contributed by atoms with Crippen LogP contribution in [0.5, 0.6) is 0 Å². The van der Waals surface area contributed by atoms with Crippen molar-refractivity contribution in [2.45, 2.75) is 40.3 Å². The third kappa shape index (κ3) is 10.8. The molecule has 0 fully saturated rings. The van der Waals surface area contributed by atoms with E-state index in [1.54, 1.807) is 23.3 Å². The number of hydrogen-bond acceptors (Lipinski definition) is 0. The molecule has 0 nitrogen and oxygen atoms in total. The van der Waals surface area contributed by atoms with Crippen LogP contribution < -0.4 is 0 Å². The van der Waals surface area contributed by atoms with Crippen molar-refractivity contribution in [3.63, 3.8) is 0 Å². The number of rotatable bonds is 0. The second-order valence-electron chi connectivity index (χ2n) is 6.64. The maximum atomic E-state index is 3.16. The Morgan fingerprint density at radius 3 is 2.08 bits per heavy atom. The summed E-state index contributed by atoms with van der Waals surface area (Å²) in [5.41, 5.74) is 2.05. The molecule has 3 rings (SSSR count). The molecule has 1 aliphatic carbocycles. The Bertz CT molecular complexity index is 629. The summed E-state index contributed by atoms with van der Waals surface area (Å²) in [5.74, 6) is 0. The van der Waals surface area contributed by atoms with E-state index in [2.05, 4.69) is 88.5 Å². The minimum absolute atomic E-state index is 0. The van der Waals surface area contributed by atoms with Crippen LogP contribution in [-0.4, -0.2) is 5.43 Å². The molecule has 0 heterocycles. The number of benzene rings is 1. The number of halogens is 2. The average molecular weight is 459 g/mol. The first kappa shape index (κ1) is 26.2. The Hall–Kier alpha value is -0.0100. The van der Waals surface area contributed by atoms with Crippen molar-refractivity contribution in [1.82, 2.24) is 0 Å². The summed E-state index contributed by atoms with van der Waals surface area (Å²) in [7, 11) is 0. The molecule has 2 aromatic rings. The summed E-state index contributed by atoms with van der Waals surface area (Å²) >= 11 is 1.74. The monoisotopic (exact) mass is 456 g/mol. The van der Waals surface area contributed by atoms with Crippen molar-refractivity contribution in [1.29, 1.82) is 0 Å². The minimum Gasteiger partial charge on any atom is -0.168 e. The van der Waals surface area contributed by atoms with Gasteiger partial charge in [-0.3, -0.25) is 6.08 Å². The molecule has 0 saturated heterocycles. The van der Waals surface area contributed by atoms with Crippen molar-refractivity contribution in [3.05, 3.63) is 66.3 Å². The second kappa shape index (κ2) is 13.2. The summed E-state index contributed by atoms with van der Waals surface area (Å²) in [6, 6.07) is 14.7. The number of fused-ring (bicyclic) bond motifs is 1. The normalized spacial score (nSPS) is 11.9. The quantitative estimate of drug-likeness (QED) is 0.297. The molecule has 0 unspecified atom stereocenters. The number of hydrogen-bond donors (Lipinski definition) is 0. The summed E-state index contributed by atoms with van der Waals surface area (Å²) in [6.45, 7) is 11.3. The molecule has 0 atom stereocenters. The van der Waals surface area contributed by atoms with E-state index in [-0.39, 0.29) is 30.2 Å². The molecule has 1 aliphatic rings. The summed E-state index contributed by atoms with van der Waals surface area (Å²) in [5, 5.41) is 2.66. The van der Waals surface area contributed by atoms with Gasteiger partial charge in [0, 0.05) is 0 Å². The predicted octanol–water partition coefficient (Wildman–Crippen LogP) is 6.91. The van der Waals surface area contributed by atoms with Crippen LogP contribution in [0.2, 0.25) is 13.1 Å². The fourth-order valence-corrected chi connectivity index (χ4v) is 1.97. The van der Waals surface area contributed by atoms with E-state index in [0.29, 0.717) is 5.41 Å². The van der Waals surface area contributed by atoms with Crippen LogP contribution in [-0.2, 0) is 23.3 Å². The van der Waals surface area contributed by atoms with Crippen LogP contribution in [0.3, 0.4) is 0 Å². The largest absolute Gasteiger partial charge is 0.168 e. The number of allylic oxidation sites excluding steroid dienone is 4. The summed E-state index contributed by atoms with van der Waals surface area (Å²) in [6.07, 6.45) is 8.37. The van der Waals surface area contributed by atoms with Gasteiger partial charge in [0.25, 0.3) is 0 Å². The molecule has 4 heteroatoms. The molecule has 0 spiro atoms. The van der Waals surface area contributed by atoms with Crippen LogP contribution in [0.4, 0.5) is 0 Å². The fraction of sp³-hybridized carbons (Fsp3) is 0.350. The molecule has 0 bridgehead atoms. The summed E-state index contributed by atoms with van der Waals surface area (Å²) in [4.78, 5) is 0. The van der Waals surface area contributed by atoms with Gasteiger partial charge in [-0.25, -0.2) is 12.2 Å². The molecule has 130 valence electrons. The molecular weight excluding hydrogens is 430 g/mol. The molecule has 0 saturated carbocycles. The SMILES string of the molecule is CC(C)(C)C1=CC=[C-]C1.C[Si](C)=[Zr+2].Cl.Cl.c1ccc2[cH-]ccc2c1. The standard InChI is InChI=1S/C9H7.C9H13.C2H6Si.2ClH.Zr/c1-2-5-9-7-3-6-8(9)4-1;1-9(2,3)8-6-4-5-7-8;1-3-2;;;/h1-7H;4,6H,7H2,1-3H3;1-2H3;2*1H;/q2*-1;;;;+2. The predicted molar refractivity (Wildman–Crippen MR) is 111 cm³/mol. The van der Waals surface area contributed by atoms with E-state index in [1.165, 1.54) is 16.3 Å². The maximum Gasteiger partial charge on any atom is -0.0809 e. The van der Waals surface area contributed by atoms with E-state index in [0.717, 1.165) is 6.42 Å². The van der Waals surface area contributed by atoms with Crippen LogP contribution >= 0.6 is 24.8 Å². The van der Waals surface area contributed by atoms with Gasteiger partial charge in [-0.15, -0.1) is 60.9 Å². The van der Waals surface area contributed by atoms with Crippen LogP contribution in [0.15, 0.2) is 60.2 Å². The van der Waals surface area contributed by atoms with Crippen molar-refractivity contribution in [3.8, 4) is 0 Å². The maximum absolute atomic E-state index is 3.16. The molecule has 0 aromatic heterocycles. The smallest absolute Gasteiger partial charge is 0.0809 e. The first-order valence-corrected chi connectivity index (χ1v) is 13.9. The zero-order valence-electron chi connectivity index (χ0n) is 15.2. The van der Waals surface area contributed by atoms with Crippen LogP contribution in [0.25, 0.3) is 10.8 Å². The van der Waals surface area contributed by atoms with Crippen LogP contribution in [0, 0.1) is 11.5 Å². The third-order valence-corrected chi connectivity index (χ3v) is 3.21. The Morgan fingerprint density at radius 2 is 1.67 bits per heavy atom. The van der Waals surface area contributed by atoms with Gasteiger partial charge < -0.3 is 0 Å². The van der Waals surface area contributed by atoms with Gasteiger partial charge in [-0.2, -0.15) is 23.1 Å². The zero-order chi connectivity index (χ0) is 16.6. The molecule has 0 radical (unpaired) electrons. The van der Waals surface area contributed by atoms with Crippen molar-refractivity contribution >= 4 is 41.0 Å².